The number of nitrogens with zero attached hydrogens (tertiary/aromatic N) is 1. The Labute approximate surface area is 179 Å². The number of carbonyl (C=O) groups is 3. The molecule has 3 aromatic carbocycles. The lowest BCUT2D eigenvalue weighted by atomic mass is 10.1. The Morgan fingerprint density at radius 3 is 2.42 bits per heavy atom. The Hall–Kier alpha value is -4.13. The Bertz CT molecular complexity index is 1130. The van der Waals surface area contributed by atoms with E-state index in [-0.39, 0.29) is 30.9 Å². The number of amides is 3. The molecule has 0 radical (unpaired) electrons. The second kappa shape index (κ2) is 8.71. The molecule has 1 aliphatic heterocycles. The number of fused-ring (bicyclic) bond motifs is 1. The maximum atomic E-state index is 12.5. The molecule has 0 fully saturated rings. The first-order valence-corrected chi connectivity index (χ1v) is 9.80. The van der Waals surface area contributed by atoms with E-state index in [0.29, 0.717) is 28.4 Å². The molecular weight excluding hydrogens is 394 g/mol. The molecule has 1 heterocycles. The van der Waals surface area contributed by atoms with Gasteiger partial charge in [-0.25, -0.2) is 0 Å². The number of carbonyl (C=O) groups excluding carboxylic acids is 3. The third-order valence-electron chi connectivity index (χ3n) is 4.83. The minimum Gasteiger partial charge on any atom is -0.482 e. The number of aryl methyl sites for hydroxylation is 1. The summed E-state index contributed by atoms with van der Waals surface area (Å²) in [5.41, 5.74) is 3.16. The zero-order valence-electron chi connectivity index (χ0n) is 16.9. The van der Waals surface area contributed by atoms with Crippen LogP contribution in [0.1, 0.15) is 15.9 Å². The first-order valence-electron chi connectivity index (χ1n) is 9.80. The van der Waals surface area contributed by atoms with Gasteiger partial charge in [-0.3, -0.25) is 19.3 Å². The number of hydrogen-bond acceptors (Lipinski definition) is 4. The van der Waals surface area contributed by atoms with Crippen LogP contribution in [0.4, 0.5) is 17.1 Å². The van der Waals surface area contributed by atoms with E-state index in [9.17, 15) is 14.4 Å². The van der Waals surface area contributed by atoms with E-state index in [0.717, 1.165) is 5.56 Å². The molecule has 3 amide bonds. The van der Waals surface area contributed by atoms with Crippen molar-refractivity contribution in [3.05, 3.63) is 83.9 Å². The van der Waals surface area contributed by atoms with Crippen molar-refractivity contribution in [2.24, 2.45) is 0 Å². The first kappa shape index (κ1) is 20.2. The van der Waals surface area contributed by atoms with Crippen LogP contribution in [0, 0.1) is 6.92 Å². The molecule has 0 unspecified atom stereocenters. The molecule has 0 spiro atoms. The van der Waals surface area contributed by atoms with Gasteiger partial charge < -0.3 is 15.4 Å². The number of para-hydroxylation sites is 1. The highest BCUT2D eigenvalue weighted by Gasteiger charge is 2.28. The summed E-state index contributed by atoms with van der Waals surface area (Å²) in [7, 11) is 0. The van der Waals surface area contributed by atoms with Crippen molar-refractivity contribution >= 4 is 34.8 Å². The predicted octanol–water partition coefficient (Wildman–Crippen LogP) is 3.61. The van der Waals surface area contributed by atoms with Crippen molar-refractivity contribution in [3.63, 3.8) is 0 Å². The second-order valence-electron chi connectivity index (χ2n) is 7.19. The second-order valence-corrected chi connectivity index (χ2v) is 7.19. The lowest BCUT2D eigenvalue weighted by Crippen LogP contribution is -2.43. The lowest BCUT2D eigenvalue weighted by Gasteiger charge is -2.29. The monoisotopic (exact) mass is 415 g/mol. The third kappa shape index (κ3) is 4.72. The first-order chi connectivity index (χ1) is 15.0. The molecule has 156 valence electrons. The minimum atomic E-state index is -0.335. The van der Waals surface area contributed by atoms with Crippen LogP contribution in [-0.2, 0) is 9.59 Å². The zero-order valence-corrected chi connectivity index (χ0v) is 16.9. The molecule has 3 aromatic rings. The minimum absolute atomic E-state index is 0.152. The summed E-state index contributed by atoms with van der Waals surface area (Å²) in [6.07, 6.45) is 0. The Morgan fingerprint density at radius 2 is 1.68 bits per heavy atom. The maximum absolute atomic E-state index is 12.5. The van der Waals surface area contributed by atoms with E-state index in [4.69, 9.17) is 4.74 Å². The largest absolute Gasteiger partial charge is 0.482 e. The van der Waals surface area contributed by atoms with E-state index in [1.165, 1.54) is 4.90 Å². The summed E-state index contributed by atoms with van der Waals surface area (Å²) in [5.74, 6) is -0.462. The summed E-state index contributed by atoms with van der Waals surface area (Å²) >= 11 is 0. The van der Waals surface area contributed by atoms with Crippen molar-refractivity contribution in [1.29, 1.82) is 0 Å². The molecule has 0 bridgehead atoms. The molecule has 1 aliphatic rings. The van der Waals surface area contributed by atoms with E-state index in [1.807, 2.05) is 37.3 Å². The number of hydrogen-bond donors (Lipinski definition) is 2. The van der Waals surface area contributed by atoms with Gasteiger partial charge in [0.1, 0.15) is 12.3 Å². The zero-order chi connectivity index (χ0) is 21.8. The summed E-state index contributed by atoms with van der Waals surface area (Å²) in [4.78, 5) is 38.9. The van der Waals surface area contributed by atoms with Crippen molar-refractivity contribution in [1.82, 2.24) is 0 Å². The third-order valence-corrected chi connectivity index (χ3v) is 4.83. The fourth-order valence-electron chi connectivity index (χ4n) is 3.23. The van der Waals surface area contributed by atoms with Gasteiger partial charge in [0.2, 0.25) is 5.91 Å². The Morgan fingerprint density at radius 1 is 0.935 bits per heavy atom. The Balaban J connectivity index is 1.52. The lowest BCUT2D eigenvalue weighted by molar-refractivity contribution is -0.123. The fraction of sp³-hybridized carbons (Fsp3) is 0.125. The highest BCUT2D eigenvalue weighted by molar-refractivity contribution is 6.07. The van der Waals surface area contributed by atoms with Gasteiger partial charge in [-0.15, -0.1) is 0 Å². The molecular formula is C24H21N3O4. The molecule has 0 saturated carbocycles. The normalized spacial score (nSPS) is 12.5. The summed E-state index contributed by atoms with van der Waals surface area (Å²) in [6.45, 7) is 1.63. The molecule has 31 heavy (non-hydrogen) atoms. The van der Waals surface area contributed by atoms with E-state index < -0.39 is 0 Å². The van der Waals surface area contributed by atoms with E-state index in [1.54, 1.807) is 42.5 Å². The average molecular weight is 415 g/mol. The van der Waals surface area contributed by atoms with Crippen LogP contribution in [0.25, 0.3) is 0 Å². The predicted molar refractivity (Wildman–Crippen MR) is 118 cm³/mol. The number of nitrogens with one attached hydrogen (secondary N) is 2. The Kier molecular flexibility index (Phi) is 5.66. The highest BCUT2D eigenvalue weighted by atomic mass is 16.5. The molecule has 0 aliphatic carbocycles. The van der Waals surface area contributed by atoms with Gasteiger partial charge in [0, 0.05) is 16.9 Å². The van der Waals surface area contributed by atoms with Crippen LogP contribution in [0.5, 0.6) is 5.75 Å². The van der Waals surface area contributed by atoms with Gasteiger partial charge in [-0.2, -0.15) is 0 Å². The SMILES string of the molecule is Cc1ccc(C(=O)Nc2ccc3c(c2)N(CC(=O)Nc2ccccc2)C(=O)CO3)cc1. The molecule has 0 atom stereocenters. The van der Waals surface area contributed by atoms with Crippen LogP contribution in [0.15, 0.2) is 72.8 Å². The van der Waals surface area contributed by atoms with Crippen LogP contribution in [0.3, 0.4) is 0 Å². The standard InChI is InChI=1S/C24H21N3O4/c1-16-7-9-17(10-8-16)24(30)26-19-11-12-21-20(13-19)27(23(29)15-31-21)14-22(28)25-18-5-3-2-4-6-18/h2-13H,14-15H2,1H3,(H,25,28)(H,26,30). The van der Waals surface area contributed by atoms with Crippen LogP contribution in [0.2, 0.25) is 0 Å². The summed E-state index contributed by atoms with van der Waals surface area (Å²) in [6, 6.07) is 21.2. The van der Waals surface area contributed by atoms with E-state index in [2.05, 4.69) is 10.6 Å². The van der Waals surface area contributed by atoms with Crippen LogP contribution in [-0.4, -0.2) is 30.9 Å². The van der Waals surface area contributed by atoms with Gasteiger partial charge in [0.15, 0.2) is 6.61 Å². The maximum Gasteiger partial charge on any atom is 0.265 e. The molecule has 0 aromatic heterocycles. The molecule has 7 heteroatoms. The van der Waals surface area contributed by atoms with Crippen LogP contribution < -0.4 is 20.3 Å². The molecule has 4 rings (SSSR count). The molecule has 2 N–H and O–H groups in total. The average Bonchev–Trinajstić information content (AvgIpc) is 2.77. The fourth-order valence-corrected chi connectivity index (χ4v) is 3.23. The highest BCUT2D eigenvalue weighted by Crippen LogP contribution is 2.34. The van der Waals surface area contributed by atoms with Crippen molar-refractivity contribution in [2.45, 2.75) is 6.92 Å². The van der Waals surface area contributed by atoms with Crippen molar-refractivity contribution in [2.75, 3.05) is 28.7 Å². The van der Waals surface area contributed by atoms with Gasteiger partial charge in [-0.1, -0.05) is 35.9 Å². The number of rotatable bonds is 5. The quantitative estimate of drug-likeness (QED) is 0.666. The summed E-state index contributed by atoms with van der Waals surface area (Å²) in [5, 5.41) is 5.59. The van der Waals surface area contributed by atoms with Gasteiger partial charge in [0.25, 0.3) is 11.8 Å². The topological polar surface area (TPSA) is 87.7 Å². The summed E-state index contributed by atoms with van der Waals surface area (Å²) < 4.78 is 5.49. The number of benzene rings is 3. The van der Waals surface area contributed by atoms with Gasteiger partial charge >= 0.3 is 0 Å². The van der Waals surface area contributed by atoms with E-state index >= 15 is 0 Å². The molecule has 0 saturated heterocycles. The van der Waals surface area contributed by atoms with Crippen LogP contribution >= 0.6 is 0 Å². The number of ether oxygens (including phenoxy) is 1. The smallest absolute Gasteiger partial charge is 0.265 e. The number of anilines is 3. The molecule has 7 nitrogen and oxygen atoms in total. The van der Waals surface area contributed by atoms with Gasteiger partial charge in [-0.05, 0) is 49.4 Å². The van der Waals surface area contributed by atoms with Crippen molar-refractivity contribution < 1.29 is 19.1 Å². The van der Waals surface area contributed by atoms with Crippen molar-refractivity contribution in [3.8, 4) is 5.75 Å². The van der Waals surface area contributed by atoms with Gasteiger partial charge in [0.05, 0.1) is 5.69 Å².